The monoisotopic (exact) mass is 469 g/mol. The lowest BCUT2D eigenvalue weighted by Crippen LogP contribution is -2.51. The molecule has 1 aromatic carbocycles. The third-order valence-corrected chi connectivity index (χ3v) is 6.38. The third kappa shape index (κ3) is 3.92. The van der Waals surface area contributed by atoms with E-state index in [1.54, 1.807) is 30.3 Å². The lowest BCUT2D eigenvalue weighted by Gasteiger charge is -2.38. The minimum absolute atomic E-state index is 0.120. The number of carboxylic acids is 1. The number of morpholine rings is 1. The minimum atomic E-state index is -0.947. The second-order valence-electron chi connectivity index (χ2n) is 8.51. The Morgan fingerprint density at radius 1 is 1.35 bits per heavy atom. The van der Waals surface area contributed by atoms with Gasteiger partial charge in [-0.2, -0.15) is 0 Å². The number of benzene rings is 1. The zero-order valence-corrected chi connectivity index (χ0v) is 18.7. The van der Waals surface area contributed by atoms with E-state index in [9.17, 15) is 14.3 Å². The molecule has 3 aromatic rings. The average molecular weight is 469 g/mol. The van der Waals surface area contributed by atoms with Gasteiger partial charge in [0.05, 0.1) is 41.7 Å². The molecule has 2 N–H and O–H groups in total. The van der Waals surface area contributed by atoms with Gasteiger partial charge in [-0.05, 0) is 31.9 Å². The zero-order valence-electron chi connectivity index (χ0n) is 18.7. The van der Waals surface area contributed by atoms with Crippen LogP contribution in [0, 0.1) is 18.6 Å². The maximum atomic E-state index is 15.4. The molecular weight excluding hydrogens is 444 g/mol. The minimum Gasteiger partial charge on any atom is -0.480 e. The molecule has 2 fully saturated rings. The van der Waals surface area contributed by atoms with Crippen LogP contribution >= 0.6 is 0 Å². The van der Waals surface area contributed by atoms with Crippen LogP contribution in [0.2, 0.25) is 0 Å². The van der Waals surface area contributed by atoms with Crippen molar-refractivity contribution in [2.75, 3.05) is 36.1 Å². The van der Waals surface area contributed by atoms with Crippen LogP contribution in [0.1, 0.15) is 18.4 Å². The van der Waals surface area contributed by atoms with Gasteiger partial charge in [-0.15, -0.1) is 0 Å². The normalized spacial score (nSPS) is 20.6. The molecule has 4 heterocycles. The van der Waals surface area contributed by atoms with Crippen LogP contribution in [0.3, 0.4) is 0 Å². The van der Waals surface area contributed by atoms with E-state index >= 15 is 4.39 Å². The van der Waals surface area contributed by atoms with Crippen molar-refractivity contribution < 1.29 is 23.4 Å². The van der Waals surface area contributed by atoms with E-state index in [1.165, 1.54) is 6.07 Å². The Hall–Kier alpha value is -3.37. The Morgan fingerprint density at radius 2 is 2.21 bits per heavy atom. The topological polar surface area (TPSA) is 90.8 Å². The largest absolute Gasteiger partial charge is 0.480 e. The van der Waals surface area contributed by atoms with Gasteiger partial charge in [0.2, 0.25) is 0 Å². The summed E-state index contributed by atoms with van der Waals surface area (Å²) in [5.41, 5.74) is 1.88. The molecule has 10 heteroatoms. The number of carbonyl (C=O) groups is 1. The number of halogens is 2. The van der Waals surface area contributed by atoms with Gasteiger partial charge in [0.1, 0.15) is 29.7 Å². The molecule has 34 heavy (non-hydrogen) atoms. The standard InChI is InChI=1S/C24H25F2N5O3/c1-14-22(31(16-4-2-6-27-12-16)20-13-34-9-7-28-20)21-17(26)10-15(25)11-18(21)29-23(14)30-8-3-5-19(30)24(32)33/h2,4,6,10-12,19-20,28H,3,5,7-9,13H2,1H3,(H,32,33). The van der Waals surface area contributed by atoms with Crippen LogP contribution in [0.4, 0.5) is 26.0 Å². The summed E-state index contributed by atoms with van der Waals surface area (Å²) in [6.45, 7) is 3.76. The maximum absolute atomic E-state index is 15.4. The number of fused-ring (bicyclic) bond motifs is 1. The van der Waals surface area contributed by atoms with E-state index in [2.05, 4.69) is 15.3 Å². The van der Waals surface area contributed by atoms with Crippen molar-refractivity contribution in [2.45, 2.75) is 32.0 Å². The van der Waals surface area contributed by atoms with E-state index in [4.69, 9.17) is 4.74 Å². The zero-order chi connectivity index (χ0) is 23.8. The fourth-order valence-electron chi connectivity index (χ4n) is 4.91. The van der Waals surface area contributed by atoms with Crippen LogP contribution < -0.4 is 15.1 Å². The fourth-order valence-corrected chi connectivity index (χ4v) is 4.91. The second kappa shape index (κ2) is 9.11. The number of hydrogen-bond donors (Lipinski definition) is 2. The lowest BCUT2D eigenvalue weighted by molar-refractivity contribution is -0.138. The highest BCUT2D eigenvalue weighted by Crippen LogP contribution is 2.42. The third-order valence-electron chi connectivity index (χ3n) is 6.38. The number of hydrogen-bond acceptors (Lipinski definition) is 7. The first-order chi connectivity index (χ1) is 16.5. The summed E-state index contributed by atoms with van der Waals surface area (Å²) >= 11 is 0. The molecule has 0 aliphatic carbocycles. The Balaban J connectivity index is 1.80. The number of rotatable bonds is 5. The number of nitrogens with one attached hydrogen (secondary N) is 1. The molecule has 0 radical (unpaired) electrons. The predicted molar refractivity (Wildman–Crippen MR) is 123 cm³/mol. The number of anilines is 3. The van der Waals surface area contributed by atoms with Gasteiger partial charge in [0.15, 0.2) is 0 Å². The molecule has 2 aromatic heterocycles. The van der Waals surface area contributed by atoms with Crippen LogP contribution in [-0.2, 0) is 9.53 Å². The molecule has 5 rings (SSSR count). The summed E-state index contributed by atoms with van der Waals surface area (Å²) in [7, 11) is 0. The number of aliphatic carboxylic acids is 1. The van der Waals surface area contributed by atoms with Gasteiger partial charge in [-0.25, -0.2) is 18.6 Å². The molecule has 8 nitrogen and oxygen atoms in total. The molecule has 2 atom stereocenters. The summed E-state index contributed by atoms with van der Waals surface area (Å²) < 4.78 is 35.3. The number of nitrogens with zero attached hydrogens (tertiary/aromatic N) is 4. The Morgan fingerprint density at radius 3 is 2.91 bits per heavy atom. The van der Waals surface area contributed by atoms with Gasteiger partial charge in [0, 0.05) is 37.0 Å². The van der Waals surface area contributed by atoms with Crippen LogP contribution in [0.15, 0.2) is 36.7 Å². The molecule has 178 valence electrons. The van der Waals surface area contributed by atoms with Crippen LogP contribution in [0.5, 0.6) is 0 Å². The highest BCUT2D eigenvalue weighted by Gasteiger charge is 2.35. The molecule has 2 aliphatic rings. The highest BCUT2D eigenvalue weighted by molar-refractivity contribution is 5.99. The Bertz CT molecular complexity index is 1220. The van der Waals surface area contributed by atoms with Crippen molar-refractivity contribution >= 4 is 34.1 Å². The predicted octanol–water partition coefficient (Wildman–Crippen LogP) is 3.35. The summed E-state index contributed by atoms with van der Waals surface area (Å²) in [6, 6.07) is 4.91. The first kappa shape index (κ1) is 22.4. The number of pyridine rings is 2. The van der Waals surface area contributed by atoms with Crippen LogP contribution in [-0.4, -0.2) is 59.6 Å². The highest BCUT2D eigenvalue weighted by atomic mass is 19.1. The van der Waals surface area contributed by atoms with Crippen molar-refractivity contribution in [1.29, 1.82) is 0 Å². The molecule has 0 amide bonds. The van der Waals surface area contributed by atoms with E-state index < -0.39 is 23.6 Å². The summed E-state index contributed by atoms with van der Waals surface area (Å²) in [4.78, 5) is 24.4. The molecule has 2 saturated heterocycles. The second-order valence-corrected chi connectivity index (χ2v) is 8.51. The number of aromatic nitrogens is 2. The van der Waals surface area contributed by atoms with Gasteiger partial charge in [0.25, 0.3) is 0 Å². The Kier molecular flexibility index (Phi) is 6.01. The fraction of sp³-hybridized carbons (Fsp3) is 0.375. The van der Waals surface area contributed by atoms with E-state index in [1.807, 2.05) is 11.0 Å². The van der Waals surface area contributed by atoms with Crippen molar-refractivity contribution in [3.63, 3.8) is 0 Å². The van der Waals surface area contributed by atoms with Crippen molar-refractivity contribution in [3.05, 3.63) is 53.9 Å². The van der Waals surface area contributed by atoms with Gasteiger partial charge in [-0.3, -0.25) is 10.3 Å². The van der Waals surface area contributed by atoms with Crippen molar-refractivity contribution in [2.24, 2.45) is 0 Å². The molecule has 2 unspecified atom stereocenters. The van der Waals surface area contributed by atoms with Crippen molar-refractivity contribution in [3.8, 4) is 0 Å². The quantitative estimate of drug-likeness (QED) is 0.588. The average Bonchev–Trinajstić information content (AvgIpc) is 3.32. The Labute approximate surface area is 195 Å². The van der Waals surface area contributed by atoms with Crippen molar-refractivity contribution in [1.82, 2.24) is 15.3 Å². The molecule has 0 bridgehead atoms. The number of carboxylic acid groups (broad SMARTS) is 1. The maximum Gasteiger partial charge on any atom is 0.326 e. The SMILES string of the molecule is Cc1c(N2CCCC2C(=O)O)nc2cc(F)cc(F)c2c1N(c1cccnc1)C1COCCN1. The number of ether oxygens (including phenoxy) is 1. The van der Waals surface area contributed by atoms with Gasteiger partial charge in [-0.1, -0.05) is 0 Å². The van der Waals surface area contributed by atoms with Gasteiger partial charge < -0.3 is 19.6 Å². The summed E-state index contributed by atoms with van der Waals surface area (Å²) in [5.74, 6) is -2.03. The molecule has 0 saturated carbocycles. The molecule has 0 spiro atoms. The lowest BCUT2D eigenvalue weighted by atomic mass is 10.0. The summed E-state index contributed by atoms with van der Waals surface area (Å²) in [6.07, 6.45) is 4.12. The summed E-state index contributed by atoms with van der Waals surface area (Å²) in [5, 5.41) is 13.3. The molecular formula is C24H25F2N5O3. The van der Waals surface area contributed by atoms with Crippen LogP contribution in [0.25, 0.3) is 10.9 Å². The van der Waals surface area contributed by atoms with E-state index in [-0.39, 0.29) is 17.1 Å². The van der Waals surface area contributed by atoms with E-state index in [0.29, 0.717) is 61.9 Å². The van der Waals surface area contributed by atoms with E-state index in [0.717, 1.165) is 6.07 Å². The first-order valence-electron chi connectivity index (χ1n) is 11.2. The first-order valence-corrected chi connectivity index (χ1v) is 11.2. The smallest absolute Gasteiger partial charge is 0.326 e. The molecule has 2 aliphatic heterocycles. The van der Waals surface area contributed by atoms with Gasteiger partial charge >= 0.3 is 5.97 Å².